The predicted octanol–water partition coefficient (Wildman–Crippen LogP) is 5.37. The van der Waals surface area contributed by atoms with Crippen LogP contribution >= 0.6 is 15.4 Å². The van der Waals surface area contributed by atoms with Gasteiger partial charge >= 0.3 is 15.4 Å². The molecule has 0 spiro atoms. The zero-order valence-corrected chi connectivity index (χ0v) is 18.8. The topological polar surface area (TPSA) is 102 Å². The van der Waals surface area contributed by atoms with Crippen LogP contribution in [0.3, 0.4) is 0 Å². The van der Waals surface area contributed by atoms with Gasteiger partial charge in [0.1, 0.15) is 0 Å². The highest BCUT2D eigenvalue weighted by atomic mass is 31.3. The summed E-state index contributed by atoms with van der Waals surface area (Å²) in [7, 11) is -8.72. The van der Waals surface area contributed by atoms with E-state index < -0.39 is 15.4 Å². The number of phosphoric ester groups is 1. The minimum Gasteiger partial charge on any atom is -0.374 e. The van der Waals surface area contributed by atoms with E-state index in [1.54, 1.807) is 0 Å². The molecule has 0 aromatic carbocycles. The van der Waals surface area contributed by atoms with Gasteiger partial charge in [0.2, 0.25) is 0 Å². The minimum absolute atomic E-state index is 0.00550. The van der Waals surface area contributed by atoms with Crippen LogP contribution in [0.1, 0.15) is 53.4 Å². The molecule has 27 heavy (non-hydrogen) atoms. The van der Waals surface area contributed by atoms with Crippen molar-refractivity contribution in [1.82, 2.24) is 0 Å². The molecule has 0 aliphatic heterocycles. The lowest BCUT2D eigenvalue weighted by atomic mass is 10.1. The van der Waals surface area contributed by atoms with Gasteiger partial charge in [0.15, 0.2) is 0 Å². The van der Waals surface area contributed by atoms with Crippen LogP contribution in [0, 0.1) is 0 Å². The molecule has 0 aliphatic rings. The molecule has 2 N–H and O–H groups in total. The fourth-order valence-corrected chi connectivity index (χ4v) is 4.09. The molecule has 7 nitrogen and oxygen atoms in total. The Labute approximate surface area is 163 Å². The molecule has 0 amide bonds. The first-order valence-electron chi connectivity index (χ1n) is 8.87. The first-order chi connectivity index (χ1) is 12.3. The summed E-state index contributed by atoms with van der Waals surface area (Å²) in [5, 5.41) is 0. The summed E-state index contributed by atoms with van der Waals surface area (Å²) in [6.07, 6.45) is 8.30. The summed E-state index contributed by atoms with van der Waals surface area (Å²) >= 11 is 0. The maximum atomic E-state index is 11.5. The molecule has 0 saturated heterocycles. The van der Waals surface area contributed by atoms with E-state index in [0.717, 1.165) is 32.3 Å². The fourth-order valence-electron chi connectivity index (χ4n) is 2.03. The number of allylic oxidation sites excluding steroid dienone is 4. The Kier molecular flexibility index (Phi) is 12.6. The van der Waals surface area contributed by atoms with Crippen LogP contribution in [0.5, 0.6) is 0 Å². The van der Waals surface area contributed by atoms with Crippen molar-refractivity contribution in [1.29, 1.82) is 0 Å². The quantitative estimate of drug-likeness (QED) is 0.285. The van der Waals surface area contributed by atoms with Crippen LogP contribution < -0.4 is 0 Å². The smallest absolute Gasteiger partial charge is 0.374 e. The normalized spacial score (nSPS) is 17.7. The molecule has 0 aromatic rings. The van der Waals surface area contributed by atoms with E-state index in [2.05, 4.69) is 48.3 Å². The average molecular weight is 424 g/mol. The first kappa shape index (κ1) is 26.5. The highest BCUT2D eigenvalue weighted by Crippen LogP contribution is 2.57. The highest BCUT2D eigenvalue weighted by Gasteiger charge is 2.30. The molecule has 0 rings (SSSR count). The number of rotatable bonds is 14. The zero-order valence-electron chi connectivity index (χ0n) is 17.0. The Hall–Kier alpha value is -0.520. The monoisotopic (exact) mass is 424 g/mol. The Morgan fingerprint density at radius 1 is 1.11 bits per heavy atom. The maximum Gasteiger partial charge on any atom is 0.479 e. The van der Waals surface area contributed by atoms with E-state index in [4.69, 9.17) is 9.63 Å². The van der Waals surface area contributed by atoms with Gasteiger partial charge in [-0.05, 0) is 59.0 Å². The number of hydrogen-bond donors (Lipinski definition) is 2. The van der Waals surface area contributed by atoms with E-state index >= 15 is 0 Å². The van der Waals surface area contributed by atoms with Gasteiger partial charge in [-0.1, -0.05) is 29.9 Å². The second kappa shape index (κ2) is 12.8. The van der Waals surface area contributed by atoms with Crippen LogP contribution in [-0.4, -0.2) is 35.8 Å². The molecule has 3 atom stereocenters. The Balaban J connectivity index is 4.05. The molecule has 0 heterocycles. The van der Waals surface area contributed by atoms with Crippen molar-refractivity contribution in [3.63, 3.8) is 0 Å². The lowest BCUT2D eigenvalue weighted by molar-refractivity contribution is 0.0729. The van der Waals surface area contributed by atoms with Crippen molar-refractivity contribution in [3.8, 4) is 0 Å². The third-order valence-electron chi connectivity index (χ3n) is 3.42. The van der Waals surface area contributed by atoms with E-state index in [1.807, 2.05) is 6.92 Å². The molecule has 0 radical (unpaired) electrons. The summed E-state index contributed by atoms with van der Waals surface area (Å²) in [5.41, 5.74) is 3.11. The third kappa shape index (κ3) is 17.3. The van der Waals surface area contributed by atoms with E-state index in [1.165, 1.54) is 11.1 Å². The lowest BCUT2D eigenvalue weighted by Crippen LogP contribution is -2.12. The molecule has 158 valence electrons. The van der Waals surface area contributed by atoms with Crippen LogP contribution in [-0.2, 0) is 22.7 Å². The van der Waals surface area contributed by atoms with Crippen molar-refractivity contribution < 1.29 is 32.5 Å². The summed E-state index contributed by atoms with van der Waals surface area (Å²) in [6.45, 7) is 12.6. The van der Waals surface area contributed by atoms with Gasteiger partial charge in [-0.2, -0.15) is 0 Å². The van der Waals surface area contributed by atoms with Crippen molar-refractivity contribution in [3.05, 3.63) is 35.5 Å². The van der Waals surface area contributed by atoms with Gasteiger partial charge in [-0.25, -0.2) is 8.88 Å². The number of phosphoric acid groups is 1. The SMILES string of the molecule is C=C(COC(C)CC/C=C(\C)CCC=C(C)C)COP(=O)(O)OP(C)(=O)O. The molecular formula is C18H34O7P2. The van der Waals surface area contributed by atoms with E-state index in [0.29, 0.717) is 5.57 Å². The zero-order chi connectivity index (χ0) is 21.1. The summed E-state index contributed by atoms with van der Waals surface area (Å²) in [5.74, 6) is 0. The van der Waals surface area contributed by atoms with Crippen molar-refractivity contribution in [2.24, 2.45) is 0 Å². The molecule has 9 heteroatoms. The number of ether oxygens (including phenoxy) is 1. The van der Waals surface area contributed by atoms with Gasteiger partial charge in [0.25, 0.3) is 0 Å². The summed E-state index contributed by atoms with van der Waals surface area (Å²) in [6, 6.07) is 0. The second-order valence-corrected chi connectivity index (χ2v) is 10.4. The largest absolute Gasteiger partial charge is 0.479 e. The maximum absolute atomic E-state index is 11.5. The highest BCUT2D eigenvalue weighted by molar-refractivity contribution is 7.63. The Morgan fingerprint density at radius 2 is 1.74 bits per heavy atom. The van der Waals surface area contributed by atoms with Gasteiger partial charge in [-0.3, -0.25) is 9.09 Å². The van der Waals surface area contributed by atoms with Gasteiger partial charge in [0, 0.05) is 6.66 Å². The molecule has 0 saturated carbocycles. The van der Waals surface area contributed by atoms with Crippen molar-refractivity contribution in [2.45, 2.75) is 59.5 Å². The van der Waals surface area contributed by atoms with Crippen molar-refractivity contribution in [2.75, 3.05) is 19.9 Å². The molecule has 3 unspecified atom stereocenters. The fraction of sp³-hybridized carbons (Fsp3) is 0.667. The van der Waals surface area contributed by atoms with Crippen LogP contribution in [0.25, 0.3) is 0 Å². The molecule has 0 fully saturated rings. The molecular weight excluding hydrogens is 390 g/mol. The molecule has 0 aromatic heterocycles. The lowest BCUT2D eigenvalue weighted by Gasteiger charge is -2.16. The van der Waals surface area contributed by atoms with Gasteiger partial charge in [0.05, 0.1) is 19.3 Å². The average Bonchev–Trinajstić information content (AvgIpc) is 2.48. The van der Waals surface area contributed by atoms with Crippen LogP contribution in [0.2, 0.25) is 0 Å². The van der Waals surface area contributed by atoms with Crippen molar-refractivity contribution >= 4 is 15.4 Å². The molecule has 0 aliphatic carbocycles. The Morgan fingerprint density at radius 3 is 2.30 bits per heavy atom. The standard InChI is InChI=1S/C18H34O7P2/c1-15(2)9-7-10-16(3)11-8-12-18(5)23-13-17(4)14-24-27(21,22)25-26(6,19)20/h9,11,18H,4,7-8,10,12-14H2,1-3,5-6H3,(H,19,20)(H,21,22)/b16-11+. The molecule has 0 bridgehead atoms. The van der Waals surface area contributed by atoms with E-state index in [9.17, 15) is 14.0 Å². The van der Waals surface area contributed by atoms with Gasteiger partial charge < -0.3 is 14.5 Å². The van der Waals surface area contributed by atoms with Crippen LogP contribution in [0.4, 0.5) is 0 Å². The third-order valence-corrected chi connectivity index (χ3v) is 5.91. The Bertz CT molecular complexity index is 615. The first-order valence-corrected chi connectivity index (χ1v) is 12.4. The van der Waals surface area contributed by atoms with Crippen LogP contribution in [0.15, 0.2) is 35.5 Å². The second-order valence-electron chi connectivity index (χ2n) is 6.95. The summed E-state index contributed by atoms with van der Waals surface area (Å²) < 4.78 is 36.9. The van der Waals surface area contributed by atoms with Gasteiger partial charge in [-0.15, -0.1) is 0 Å². The minimum atomic E-state index is -4.60. The summed E-state index contributed by atoms with van der Waals surface area (Å²) in [4.78, 5) is 18.3. The van der Waals surface area contributed by atoms with E-state index in [-0.39, 0.29) is 19.3 Å². The predicted molar refractivity (Wildman–Crippen MR) is 109 cm³/mol. The number of hydrogen-bond acceptors (Lipinski definition) is 5.